The number of hydrogen-bond acceptors (Lipinski definition) is 4. The molecular weight excluding hydrogens is 386 g/mol. The molecule has 1 heterocycles. The van der Waals surface area contributed by atoms with Crippen molar-refractivity contribution < 1.29 is 9.53 Å². The summed E-state index contributed by atoms with van der Waals surface area (Å²) in [4.78, 5) is 22.0. The molecule has 1 atom stereocenters. The molecule has 152 valence electrons. The summed E-state index contributed by atoms with van der Waals surface area (Å²) in [5, 5.41) is 5.31. The maximum Gasteiger partial charge on any atom is 0.228 e. The monoisotopic (exact) mass is 407 g/mol. The fourth-order valence-electron chi connectivity index (χ4n) is 3.79. The minimum absolute atomic E-state index is 0.0572. The van der Waals surface area contributed by atoms with Gasteiger partial charge in [0.05, 0.1) is 19.2 Å². The third-order valence-corrected chi connectivity index (χ3v) is 5.36. The highest BCUT2D eigenvalue weighted by Crippen LogP contribution is 2.19. The molecule has 5 nitrogen and oxygen atoms in total. The number of rotatable bonds is 5. The number of benzene rings is 3. The molecule has 0 fully saturated rings. The minimum atomic E-state index is -0.0761. The third-order valence-electron chi connectivity index (χ3n) is 5.36. The molecule has 0 bridgehead atoms. The van der Waals surface area contributed by atoms with Gasteiger partial charge in [0.1, 0.15) is 11.8 Å². The van der Waals surface area contributed by atoms with E-state index in [0.717, 1.165) is 33.5 Å². The van der Waals surface area contributed by atoms with Gasteiger partial charge in [0.15, 0.2) is 5.84 Å². The van der Waals surface area contributed by atoms with E-state index in [0.29, 0.717) is 12.3 Å². The number of fused-ring (bicyclic) bond motifs is 2. The summed E-state index contributed by atoms with van der Waals surface area (Å²) in [6, 6.07) is 23.3. The van der Waals surface area contributed by atoms with Crippen molar-refractivity contribution in [1.82, 2.24) is 0 Å². The molecule has 0 saturated heterocycles. The van der Waals surface area contributed by atoms with Crippen molar-refractivity contribution in [3.05, 3.63) is 94.4 Å². The Balaban J connectivity index is 1.32. The molecule has 0 aromatic heterocycles. The summed E-state index contributed by atoms with van der Waals surface area (Å²) in [6.07, 6.45) is 4.53. The van der Waals surface area contributed by atoms with Crippen molar-refractivity contribution in [2.45, 2.75) is 12.5 Å². The van der Waals surface area contributed by atoms with E-state index in [9.17, 15) is 4.79 Å². The second kappa shape index (κ2) is 8.03. The Bertz CT molecular complexity index is 1340. The van der Waals surface area contributed by atoms with Gasteiger partial charge in [0.25, 0.3) is 0 Å². The molecule has 0 saturated carbocycles. The number of anilines is 1. The number of ether oxygens (including phenoxy) is 1. The predicted octanol–water partition coefficient (Wildman–Crippen LogP) is 2.72. The molecular formula is C26H21N3O2. The van der Waals surface area contributed by atoms with E-state index < -0.39 is 0 Å². The Morgan fingerprint density at radius 3 is 2.61 bits per heavy atom. The molecule has 0 spiro atoms. The number of carbonyl (C=O) groups excluding carboxylic acids is 1. The van der Waals surface area contributed by atoms with Crippen molar-refractivity contribution in [3.63, 3.8) is 0 Å². The Labute approximate surface area is 180 Å². The SMILES string of the molecule is COc1ccc(CC(=O)Nc2cccc(C3=NC4C=c5ccccc5=CC4=N3)c2)cc1. The van der Waals surface area contributed by atoms with Gasteiger partial charge in [0, 0.05) is 11.3 Å². The highest BCUT2D eigenvalue weighted by molar-refractivity contribution is 6.26. The number of nitrogens with zero attached hydrogens (tertiary/aromatic N) is 2. The standard InChI is InChI=1S/C26H21N3O2/c1-31-22-11-9-17(10-12-22)13-25(30)27-21-8-4-7-20(14-21)26-28-23-15-18-5-2-3-6-19(18)16-24(23)29-26/h2-12,14-16,23H,13H2,1H3,(H,27,30). The van der Waals surface area contributed by atoms with Crippen LogP contribution in [0.1, 0.15) is 11.1 Å². The zero-order valence-corrected chi connectivity index (χ0v) is 17.1. The second-order valence-electron chi connectivity index (χ2n) is 7.53. The number of nitrogens with one attached hydrogen (secondary N) is 1. The second-order valence-corrected chi connectivity index (χ2v) is 7.53. The topological polar surface area (TPSA) is 63.0 Å². The van der Waals surface area contributed by atoms with Crippen molar-refractivity contribution in [3.8, 4) is 5.75 Å². The average molecular weight is 407 g/mol. The molecule has 1 unspecified atom stereocenters. The first kappa shape index (κ1) is 19.0. The van der Waals surface area contributed by atoms with Crippen LogP contribution in [0.5, 0.6) is 5.75 Å². The third kappa shape index (κ3) is 4.03. The van der Waals surface area contributed by atoms with Crippen LogP contribution in [0.4, 0.5) is 5.69 Å². The summed E-state index contributed by atoms with van der Waals surface area (Å²) < 4.78 is 5.16. The normalized spacial score (nSPS) is 16.1. The van der Waals surface area contributed by atoms with Crippen molar-refractivity contribution in [2.24, 2.45) is 9.98 Å². The van der Waals surface area contributed by atoms with Gasteiger partial charge in [-0.2, -0.15) is 0 Å². The molecule has 1 N–H and O–H groups in total. The Morgan fingerprint density at radius 1 is 1.00 bits per heavy atom. The molecule has 3 aromatic carbocycles. The summed E-state index contributed by atoms with van der Waals surface area (Å²) >= 11 is 0. The van der Waals surface area contributed by atoms with E-state index in [-0.39, 0.29) is 11.9 Å². The first-order valence-electron chi connectivity index (χ1n) is 10.2. The molecule has 0 radical (unpaired) electrons. The molecule has 5 heteroatoms. The fraction of sp³-hybridized carbons (Fsp3) is 0.115. The number of hydrogen-bond donors (Lipinski definition) is 1. The zero-order valence-electron chi connectivity index (χ0n) is 17.1. The van der Waals surface area contributed by atoms with Crippen LogP contribution in [0.15, 0.2) is 82.8 Å². The van der Waals surface area contributed by atoms with Gasteiger partial charge in [-0.05, 0) is 52.4 Å². The van der Waals surface area contributed by atoms with Gasteiger partial charge < -0.3 is 10.1 Å². The molecule has 31 heavy (non-hydrogen) atoms. The van der Waals surface area contributed by atoms with E-state index in [1.165, 1.54) is 5.22 Å². The summed E-state index contributed by atoms with van der Waals surface area (Å²) in [5.41, 5.74) is 3.48. The first-order chi connectivity index (χ1) is 15.2. The summed E-state index contributed by atoms with van der Waals surface area (Å²) in [6.45, 7) is 0. The lowest BCUT2D eigenvalue weighted by atomic mass is 10.0. The molecule has 5 rings (SSSR count). The summed E-state index contributed by atoms with van der Waals surface area (Å²) in [7, 11) is 1.62. The van der Waals surface area contributed by atoms with Crippen LogP contribution in [-0.2, 0) is 11.2 Å². The lowest BCUT2D eigenvalue weighted by Crippen LogP contribution is -2.33. The van der Waals surface area contributed by atoms with Gasteiger partial charge in [-0.25, -0.2) is 4.99 Å². The van der Waals surface area contributed by atoms with Crippen molar-refractivity contribution in [1.29, 1.82) is 0 Å². The zero-order chi connectivity index (χ0) is 21.2. The predicted molar refractivity (Wildman–Crippen MR) is 124 cm³/mol. The number of aliphatic imine (C=N–C) groups is 2. The summed E-state index contributed by atoms with van der Waals surface area (Å²) in [5.74, 6) is 1.38. The highest BCUT2D eigenvalue weighted by atomic mass is 16.5. The van der Waals surface area contributed by atoms with Crippen molar-refractivity contribution >= 4 is 35.3 Å². The first-order valence-corrected chi connectivity index (χ1v) is 10.2. The Morgan fingerprint density at radius 2 is 1.81 bits per heavy atom. The van der Waals surface area contributed by atoms with Crippen LogP contribution in [0.3, 0.4) is 0 Å². The van der Waals surface area contributed by atoms with Crippen molar-refractivity contribution in [2.75, 3.05) is 12.4 Å². The highest BCUT2D eigenvalue weighted by Gasteiger charge is 2.22. The lowest BCUT2D eigenvalue weighted by Gasteiger charge is -2.08. The number of carbonyl (C=O) groups is 1. The van der Waals surface area contributed by atoms with Crippen LogP contribution in [0.25, 0.3) is 12.2 Å². The van der Waals surface area contributed by atoms with E-state index in [4.69, 9.17) is 14.7 Å². The molecule has 1 aliphatic heterocycles. The van der Waals surface area contributed by atoms with Crippen LogP contribution < -0.4 is 20.5 Å². The van der Waals surface area contributed by atoms with Gasteiger partial charge in [0.2, 0.25) is 5.91 Å². The molecule has 1 amide bonds. The number of methoxy groups -OCH3 is 1. The van der Waals surface area contributed by atoms with Gasteiger partial charge in [-0.3, -0.25) is 9.79 Å². The Kier molecular flexibility index (Phi) is 4.92. The molecule has 1 aliphatic carbocycles. The van der Waals surface area contributed by atoms with Gasteiger partial charge in [-0.15, -0.1) is 0 Å². The van der Waals surface area contributed by atoms with Crippen LogP contribution in [0, 0.1) is 0 Å². The number of amides is 1. The fourth-order valence-corrected chi connectivity index (χ4v) is 3.79. The maximum atomic E-state index is 12.5. The quantitative estimate of drug-likeness (QED) is 0.707. The average Bonchev–Trinajstić information content (AvgIpc) is 3.21. The molecule has 2 aliphatic rings. The van der Waals surface area contributed by atoms with Gasteiger partial charge in [-0.1, -0.05) is 48.5 Å². The minimum Gasteiger partial charge on any atom is -0.497 e. The number of amidine groups is 1. The van der Waals surface area contributed by atoms with Crippen LogP contribution >= 0.6 is 0 Å². The maximum absolute atomic E-state index is 12.5. The van der Waals surface area contributed by atoms with Crippen LogP contribution in [-0.4, -0.2) is 30.6 Å². The smallest absolute Gasteiger partial charge is 0.228 e. The van der Waals surface area contributed by atoms with E-state index in [1.54, 1.807) is 7.11 Å². The van der Waals surface area contributed by atoms with Gasteiger partial charge >= 0.3 is 0 Å². The molecule has 3 aromatic rings. The Hall–Kier alpha value is -3.99. The van der Waals surface area contributed by atoms with E-state index >= 15 is 0 Å². The van der Waals surface area contributed by atoms with E-state index in [2.05, 4.69) is 29.6 Å². The van der Waals surface area contributed by atoms with E-state index in [1.807, 2.05) is 60.7 Å². The van der Waals surface area contributed by atoms with Crippen LogP contribution in [0.2, 0.25) is 0 Å². The lowest BCUT2D eigenvalue weighted by molar-refractivity contribution is -0.115. The largest absolute Gasteiger partial charge is 0.497 e.